The Labute approximate surface area is 200 Å². The number of aryl methyl sites for hydroxylation is 1. The van der Waals surface area contributed by atoms with E-state index in [2.05, 4.69) is 0 Å². The highest BCUT2D eigenvalue weighted by Gasteiger charge is 2.40. The standard InChI is InChI=1S/C23H12BF13/c1-11-4-13(21(29,30)31)7-16(5-11)24(18-3-2-12(10-19(18)25)20(26,27)28)17-8-14(22(32,33)34)6-15(9-17)23(35,36)37/h2-10H,1H3. The zero-order chi connectivity index (χ0) is 28.1. The van der Waals surface area contributed by atoms with Crippen molar-refractivity contribution in [3.05, 3.63) is 88.2 Å². The van der Waals surface area contributed by atoms with Gasteiger partial charge in [-0.25, -0.2) is 4.39 Å². The predicted octanol–water partition coefficient (Wildman–Crippen LogP) is 6.73. The second-order valence-electron chi connectivity index (χ2n) is 8.14. The number of hydrogen-bond acceptors (Lipinski definition) is 0. The zero-order valence-electron chi connectivity index (χ0n) is 18.2. The van der Waals surface area contributed by atoms with Gasteiger partial charge in [0.2, 0.25) is 6.71 Å². The molecule has 0 amide bonds. The quantitative estimate of drug-likeness (QED) is 0.253. The van der Waals surface area contributed by atoms with Crippen molar-refractivity contribution in [2.75, 3.05) is 0 Å². The molecule has 0 nitrogen and oxygen atoms in total. The molecule has 0 aliphatic carbocycles. The SMILES string of the molecule is Cc1cc(B(c2cc(C(F)(F)F)cc(C(F)(F)F)c2)c2ccc(C(F)(F)F)cc2F)cc(C(F)(F)F)c1. The van der Waals surface area contributed by atoms with Crippen molar-refractivity contribution in [2.24, 2.45) is 0 Å². The number of benzene rings is 3. The summed E-state index contributed by atoms with van der Waals surface area (Å²) in [6.07, 6.45) is -20.7. The van der Waals surface area contributed by atoms with Gasteiger partial charge in [-0.2, -0.15) is 52.7 Å². The third-order valence-electron chi connectivity index (χ3n) is 5.34. The van der Waals surface area contributed by atoms with Gasteiger partial charge in [-0.1, -0.05) is 52.9 Å². The van der Waals surface area contributed by atoms with Crippen molar-refractivity contribution in [2.45, 2.75) is 31.6 Å². The first-order valence-electron chi connectivity index (χ1n) is 10.0. The Kier molecular flexibility index (Phi) is 7.12. The fraction of sp³-hybridized carbons (Fsp3) is 0.217. The highest BCUT2D eigenvalue weighted by molar-refractivity contribution is 6.95. The fourth-order valence-electron chi connectivity index (χ4n) is 3.78. The van der Waals surface area contributed by atoms with Crippen LogP contribution in [-0.4, -0.2) is 6.71 Å². The Bertz CT molecular complexity index is 1270. The van der Waals surface area contributed by atoms with Gasteiger partial charge in [0.25, 0.3) is 0 Å². The Balaban J connectivity index is 2.41. The molecule has 0 N–H and O–H groups in total. The molecular formula is C23H12BF13. The van der Waals surface area contributed by atoms with Gasteiger partial charge in [0.05, 0.1) is 22.3 Å². The highest BCUT2D eigenvalue weighted by atomic mass is 19.4. The first kappa shape index (κ1) is 28.4. The molecule has 0 aliphatic heterocycles. The summed E-state index contributed by atoms with van der Waals surface area (Å²) in [6, 6.07) is 2.88. The van der Waals surface area contributed by atoms with Gasteiger partial charge in [0.1, 0.15) is 5.82 Å². The summed E-state index contributed by atoms with van der Waals surface area (Å²) in [6.45, 7) is -0.918. The second kappa shape index (κ2) is 9.28. The van der Waals surface area contributed by atoms with E-state index in [1.54, 1.807) is 0 Å². The minimum absolute atomic E-state index is 0.0406. The van der Waals surface area contributed by atoms with E-state index in [0.29, 0.717) is 24.3 Å². The molecule has 0 unspecified atom stereocenters. The van der Waals surface area contributed by atoms with E-state index in [9.17, 15) is 57.1 Å². The van der Waals surface area contributed by atoms with E-state index in [0.717, 1.165) is 13.0 Å². The lowest BCUT2D eigenvalue weighted by Crippen LogP contribution is -2.54. The van der Waals surface area contributed by atoms with E-state index in [-0.39, 0.29) is 29.8 Å². The van der Waals surface area contributed by atoms with Crippen molar-refractivity contribution < 1.29 is 57.1 Å². The second-order valence-corrected chi connectivity index (χ2v) is 8.14. The van der Waals surface area contributed by atoms with E-state index in [1.807, 2.05) is 0 Å². The summed E-state index contributed by atoms with van der Waals surface area (Å²) in [5.74, 6) is -1.69. The number of halogens is 13. The molecule has 0 aliphatic rings. The molecule has 3 rings (SSSR count). The molecular weight excluding hydrogens is 534 g/mol. The summed E-state index contributed by atoms with van der Waals surface area (Å²) in [5, 5.41) is 0. The van der Waals surface area contributed by atoms with Gasteiger partial charge in [-0.15, -0.1) is 0 Å². The average Bonchev–Trinajstić information content (AvgIpc) is 2.72. The van der Waals surface area contributed by atoms with Crippen molar-refractivity contribution in [1.29, 1.82) is 0 Å². The minimum atomic E-state index is -5.34. The lowest BCUT2D eigenvalue weighted by molar-refractivity contribution is -0.143. The van der Waals surface area contributed by atoms with Gasteiger partial charge in [0, 0.05) is 0 Å². The van der Waals surface area contributed by atoms with Crippen LogP contribution in [0.15, 0.2) is 54.6 Å². The topological polar surface area (TPSA) is 0 Å². The maximum atomic E-state index is 14.9. The molecule has 3 aromatic carbocycles. The number of alkyl halides is 12. The van der Waals surface area contributed by atoms with Crippen LogP contribution in [0.1, 0.15) is 27.8 Å². The van der Waals surface area contributed by atoms with Crippen LogP contribution >= 0.6 is 0 Å². The molecule has 3 aromatic rings. The molecule has 0 fully saturated rings. The molecule has 37 heavy (non-hydrogen) atoms. The summed E-state index contributed by atoms with van der Waals surface area (Å²) >= 11 is 0. The van der Waals surface area contributed by atoms with Gasteiger partial charge in [-0.3, -0.25) is 0 Å². The predicted molar refractivity (Wildman–Crippen MR) is 109 cm³/mol. The fourth-order valence-corrected chi connectivity index (χ4v) is 3.78. The summed E-state index contributed by atoms with van der Waals surface area (Å²) in [7, 11) is 0. The van der Waals surface area contributed by atoms with Crippen LogP contribution in [-0.2, 0) is 24.7 Å². The summed E-state index contributed by atoms with van der Waals surface area (Å²) in [4.78, 5) is 0. The van der Waals surface area contributed by atoms with E-state index < -0.39 is 75.9 Å². The molecule has 0 saturated heterocycles. The van der Waals surface area contributed by atoms with Gasteiger partial charge in [-0.05, 0) is 30.6 Å². The molecule has 198 valence electrons. The van der Waals surface area contributed by atoms with Crippen LogP contribution in [0.2, 0.25) is 0 Å². The molecule has 0 atom stereocenters. The normalized spacial score (nSPS) is 13.1. The Morgan fingerprint density at radius 2 is 0.892 bits per heavy atom. The zero-order valence-corrected chi connectivity index (χ0v) is 18.2. The Hall–Kier alpha value is -3.19. The molecule has 0 spiro atoms. The lowest BCUT2D eigenvalue weighted by atomic mass is 9.36. The summed E-state index contributed by atoms with van der Waals surface area (Å²) < 4.78 is 175. The van der Waals surface area contributed by atoms with Gasteiger partial charge in [0.15, 0.2) is 0 Å². The largest absolute Gasteiger partial charge is 0.416 e. The van der Waals surface area contributed by atoms with Crippen LogP contribution in [0, 0.1) is 12.7 Å². The third kappa shape index (κ3) is 6.39. The van der Waals surface area contributed by atoms with Crippen LogP contribution in [0.4, 0.5) is 57.1 Å². The average molecular weight is 546 g/mol. The molecule has 0 bridgehead atoms. The van der Waals surface area contributed by atoms with E-state index in [4.69, 9.17) is 0 Å². The van der Waals surface area contributed by atoms with Crippen molar-refractivity contribution in [3.8, 4) is 0 Å². The van der Waals surface area contributed by atoms with Crippen molar-refractivity contribution in [3.63, 3.8) is 0 Å². The van der Waals surface area contributed by atoms with Crippen LogP contribution in [0.3, 0.4) is 0 Å². The molecule has 0 aromatic heterocycles. The van der Waals surface area contributed by atoms with Crippen LogP contribution in [0.5, 0.6) is 0 Å². The monoisotopic (exact) mass is 546 g/mol. The summed E-state index contributed by atoms with van der Waals surface area (Å²) in [5.41, 5.74) is -9.05. The Morgan fingerprint density at radius 1 is 0.486 bits per heavy atom. The van der Waals surface area contributed by atoms with Crippen LogP contribution < -0.4 is 16.4 Å². The number of rotatable bonds is 3. The molecule has 14 heteroatoms. The highest BCUT2D eigenvalue weighted by Crippen LogP contribution is 2.35. The third-order valence-corrected chi connectivity index (χ3v) is 5.34. The number of hydrogen-bond donors (Lipinski definition) is 0. The molecule has 0 saturated carbocycles. The van der Waals surface area contributed by atoms with E-state index in [1.165, 1.54) is 0 Å². The molecule has 0 heterocycles. The van der Waals surface area contributed by atoms with Crippen molar-refractivity contribution >= 4 is 23.1 Å². The Morgan fingerprint density at radius 3 is 1.30 bits per heavy atom. The first-order valence-corrected chi connectivity index (χ1v) is 10.0. The van der Waals surface area contributed by atoms with Crippen LogP contribution in [0.25, 0.3) is 0 Å². The maximum absolute atomic E-state index is 14.9. The van der Waals surface area contributed by atoms with Gasteiger partial charge < -0.3 is 0 Å². The van der Waals surface area contributed by atoms with Gasteiger partial charge >= 0.3 is 24.7 Å². The lowest BCUT2D eigenvalue weighted by Gasteiger charge is -2.22. The van der Waals surface area contributed by atoms with E-state index >= 15 is 0 Å². The molecule has 0 radical (unpaired) electrons. The smallest absolute Gasteiger partial charge is 0.208 e. The maximum Gasteiger partial charge on any atom is 0.416 e. The minimum Gasteiger partial charge on any atom is -0.208 e. The first-order chi connectivity index (χ1) is 16.7. The van der Waals surface area contributed by atoms with Crippen molar-refractivity contribution in [1.82, 2.24) is 0 Å².